The molecule has 4 heteroatoms. The molecular formula is C16H23NO2S. The smallest absolute Gasteiger partial charge is 0.230 e. The van der Waals surface area contributed by atoms with Crippen LogP contribution in [-0.4, -0.2) is 29.4 Å². The van der Waals surface area contributed by atoms with Gasteiger partial charge < -0.3 is 10.4 Å². The predicted octanol–water partition coefficient (Wildman–Crippen LogP) is 2.75. The molecule has 110 valence electrons. The Kier molecular flexibility index (Phi) is 5.92. The molecule has 1 atom stereocenters. The summed E-state index contributed by atoms with van der Waals surface area (Å²) in [7, 11) is 0. The Morgan fingerprint density at radius 3 is 2.80 bits per heavy atom. The fourth-order valence-corrected chi connectivity index (χ4v) is 3.50. The molecular weight excluding hydrogens is 270 g/mol. The average Bonchev–Trinajstić information content (AvgIpc) is 2.98. The molecule has 2 rings (SSSR count). The second kappa shape index (κ2) is 7.70. The topological polar surface area (TPSA) is 49.3 Å². The van der Waals surface area contributed by atoms with Gasteiger partial charge in [-0.05, 0) is 37.3 Å². The zero-order valence-electron chi connectivity index (χ0n) is 12.0. The van der Waals surface area contributed by atoms with E-state index < -0.39 is 0 Å². The van der Waals surface area contributed by atoms with Gasteiger partial charge in [-0.2, -0.15) is 0 Å². The molecule has 2 N–H and O–H groups in total. The molecule has 0 aromatic heterocycles. The highest BCUT2D eigenvalue weighted by molar-refractivity contribution is 8.00. The molecule has 1 fully saturated rings. The molecule has 0 radical (unpaired) electrons. The summed E-state index contributed by atoms with van der Waals surface area (Å²) >= 11 is 1.55. The summed E-state index contributed by atoms with van der Waals surface area (Å²) in [5.41, 5.74) is 1.19. The second-order valence-electron chi connectivity index (χ2n) is 5.47. The van der Waals surface area contributed by atoms with Crippen molar-refractivity contribution in [2.24, 2.45) is 5.92 Å². The minimum atomic E-state index is -0.384. The number of benzene rings is 1. The fourth-order valence-electron chi connectivity index (χ4n) is 2.64. The molecule has 0 spiro atoms. The minimum absolute atomic E-state index is 0.00435. The van der Waals surface area contributed by atoms with E-state index in [4.69, 9.17) is 0 Å². The first kappa shape index (κ1) is 15.4. The quantitative estimate of drug-likeness (QED) is 0.793. The van der Waals surface area contributed by atoms with Crippen LogP contribution < -0.4 is 5.32 Å². The van der Waals surface area contributed by atoms with Crippen LogP contribution in [0.5, 0.6) is 0 Å². The lowest BCUT2D eigenvalue weighted by Crippen LogP contribution is -2.36. The Hall–Kier alpha value is -1.00. The normalized spacial score (nSPS) is 17.1. The number of aryl methyl sites for hydroxylation is 1. The molecule has 0 heterocycles. The van der Waals surface area contributed by atoms with Crippen LogP contribution in [0.2, 0.25) is 0 Å². The zero-order valence-corrected chi connectivity index (χ0v) is 12.8. The summed E-state index contributed by atoms with van der Waals surface area (Å²) in [6, 6.07) is 8.05. The van der Waals surface area contributed by atoms with Crippen molar-refractivity contribution in [1.29, 1.82) is 0 Å². The van der Waals surface area contributed by atoms with Crippen molar-refractivity contribution >= 4 is 17.7 Å². The van der Waals surface area contributed by atoms with E-state index in [1.807, 2.05) is 31.2 Å². The molecule has 1 aromatic rings. The van der Waals surface area contributed by atoms with Crippen molar-refractivity contribution in [3.8, 4) is 0 Å². The highest BCUT2D eigenvalue weighted by atomic mass is 32.2. The lowest BCUT2D eigenvalue weighted by atomic mass is 10.0. The first-order valence-corrected chi connectivity index (χ1v) is 8.28. The Bertz CT molecular complexity index is 444. The third-order valence-electron chi connectivity index (χ3n) is 3.90. The van der Waals surface area contributed by atoms with Gasteiger partial charge in [-0.15, -0.1) is 11.8 Å². The van der Waals surface area contributed by atoms with Gasteiger partial charge in [-0.25, -0.2) is 0 Å². The Morgan fingerprint density at radius 2 is 2.10 bits per heavy atom. The van der Waals surface area contributed by atoms with Crippen molar-refractivity contribution < 1.29 is 9.90 Å². The van der Waals surface area contributed by atoms with Gasteiger partial charge in [0.1, 0.15) is 0 Å². The average molecular weight is 293 g/mol. The standard InChI is InChI=1S/C16H23NO2S/c1-12-6-2-5-9-15(12)20-11-16(19)17-10-14(18)13-7-3-4-8-13/h2,5-6,9,13-14,18H,3-4,7-8,10-11H2,1H3,(H,17,19). The Labute approximate surface area is 125 Å². The molecule has 1 amide bonds. The second-order valence-corrected chi connectivity index (χ2v) is 6.49. The van der Waals surface area contributed by atoms with Crippen molar-refractivity contribution in [3.05, 3.63) is 29.8 Å². The number of carbonyl (C=O) groups is 1. The van der Waals surface area contributed by atoms with Gasteiger partial charge in [0.25, 0.3) is 0 Å². The summed E-state index contributed by atoms with van der Waals surface area (Å²) in [5, 5.41) is 12.8. The maximum absolute atomic E-state index is 11.8. The van der Waals surface area contributed by atoms with E-state index in [2.05, 4.69) is 5.32 Å². The monoisotopic (exact) mass is 293 g/mol. The van der Waals surface area contributed by atoms with Crippen LogP contribution in [0.15, 0.2) is 29.2 Å². The van der Waals surface area contributed by atoms with Gasteiger partial charge in [0.15, 0.2) is 0 Å². The molecule has 0 bridgehead atoms. The minimum Gasteiger partial charge on any atom is -0.391 e. The molecule has 1 saturated carbocycles. The van der Waals surface area contributed by atoms with E-state index in [1.54, 1.807) is 11.8 Å². The third-order valence-corrected chi connectivity index (χ3v) is 5.08. The maximum Gasteiger partial charge on any atom is 0.230 e. The number of thioether (sulfide) groups is 1. The van der Waals surface area contributed by atoms with E-state index in [9.17, 15) is 9.90 Å². The van der Waals surface area contributed by atoms with Gasteiger partial charge in [0.2, 0.25) is 5.91 Å². The van der Waals surface area contributed by atoms with Crippen LogP contribution in [0.4, 0.5) is 0 Å². The molecule has 0 saturated heterocycles. The fraction of sp³-hybridized carbons (Fsp3) is 0.562. The number of nitrogens with one attached hydrogen (secondary N) is 1. The number of amides is 1. The van der Waals surface area contributed by atoms with E-state index >= 15 is 0 Å². The highest BCUT2D eigenvalue weighted by Gasteiger charge is 2.23. The van der Waals surface area contributed by atoms with E-state index in [0.717, 1.165) is 17.7 Å². The lowest BCUT2D eigenvalue weighted by Gasteiger charge is -2.18. The number of aliphatic hydroxyl groups excluding tert-OH is 1. The first-order valence-electron chi connectivity index (χ1n) is 7.30. The number of hydrogen-bond donors (Lipinski definition) is 2. The molecule has 1 unspecified atom stereocenters. The Morgan fingerprint density at radius 1 is 1.40 bits per heavy atom. The summed E-state index contributed by atoms with van der Waals surface area (Å²) in [4.78, 5) is 12.9. The molecule has 0 aliphatic heterocycles. The maximum atomic E-state index is 11.8. The first-order chi connectivity index (χ1) is 9.66. The van der Waals surface area contributed by atoms with Crippen LogP contribution in [-0.2, 0) is 4.79 Å². The summed E-state index contributed by atoms with van der Waals surface area (Å²) in [5.74, 6) is 0.775. The van der Waals surface area contributed by atoms with Gasteiger partial charge in [-0.3, -0.25) is 4.79 Å². The molecule has 20 heavy (non-hydrogen) atoms. The summed E-state index contributed by atoms with van der Waals surface area (Å²) in [6.07, 6.45) is 4.21. The molecule has 3 nitrogen and oxygen atoms in total. The number of hydrogen-bond acceptors (Lipinski definition) is 3. The van der Waals surface area contributed by atoms with Crippen molar-refractivity contribution in [1.82, 2.24) is 5.32 Å². The van der Waals surface area contributed by atoms with Crippen molar-refractivity contribution in [2.45, 2.75) is 43.6 Å². The highest BCUT2D eigenvalue weighted by Crippen LogP contribution is 2.27. The third kappa shape index (κ3) is 4.53. The molecule has 1 aliphatic carbocycles. The van der Waals surface area contributed by atoms with Gasteiger partial charge in [0, 0.05) is 11.4 Å². The lowest BCUT2D eigenvalue weighted by molar-refractivity contribution is -0.119. The van der Waals surface area contributed by atoms with Crippen molar-refractivity contribution in [3.63, 3.8) is 0 Å². The largest absolute Gasteiger partial charge is 0.391 e. The van der Waals surface area contributed by atoms with Crippen LogP contribution in [0, 0.1) is 12.8 Å². The number of rotatable bonds is 6. The van der Waals surface area contributed by atoms with Crippen molar-refractivity contribution in [2.75, 3.05) is 12.3 Å². The van der Waals surface area contributed by atoms with Crippen LogP contribution in [0.3, 0.4) is 0 Å². The predicted molar refractivity (Wildman–Crippen MR) is 82.9 cm³/mol. The number of carbonyl (C=O) groups excluding carboxylic acids is 1. The van der Waals surface area contributed by atoms with E-state index in [-0.39, 0.29) is 12.0 Å². The SMILES string of the molecule is Cc1ccccc1SCC(=O)NCC(O)C1CCCC1. The molecule has 1 aromatic carbocycles. The van der Waals surface area contributed by atoms with E-state index in [0.29, 0.717) is 18.2 Å². The van der Waals surface area contributed by atoms with Crippen LogP contribution >= 0.6 is 11.8 Å². The molecule has 1 aliphatic rings. The van der Waals surface area contributed by atoms with Crippen LogP contribution in [0.25, 0.3) is 0 Å². The van der Waals surface area contributed by atoms with E-state index in [1.165, 1.54) is 18.4 Å². The van der Waals surface area contributed by atoms with Gasteiger partial charge >= 0.3 is 0 Å². The Balaban J connectivity index is 1.69. The van der Waals surface area contributed by atoms with Crippen LogP contribution in [0.1, 0.15) is 31.2 Å². The van der Waals surface area contributed by atoms with Gasteiger partial charge in [0.05, 0.1) is 11.9 Å². The zero-order chi connectivity index (χ0) is 14.4. The van der Waals surface area contributed by atoms with Gasteiger partial charge in [-0.1, -0.05) is 31.0 Å². The summed E-state index contributed by atoms with van der Waals surface area (Å²) in [6.45, 7) is 2.43. The number of aliphatic hydroxyl groups is 1. The summed E-state index contributed by atoms with van der Waals surface area (Å²) < 4.78 is 0.